The average Bonchev–Trinajstić information content (AvgIpc) is 2.82. The highest BCUT2D eigenvalue weighted by atomic mass is 35.5. The second kappa shape index (κ2) is 15.0. The summed E-state index contributed by atoms with van der Waals surface area (Å²) in [6, 6.07) is 8.79. The van der Waals surface area contributed by atoms with E-state index < -0.39 is 11.5 Å². The maximum atomic E-state index is 12.4. The Morgan fingerprint density at radius 1 is 0.947 bits per heavy atom. The molecule has 0 fully saturated rings. The molecule has 7 nitrogen and oxygen atoms in total. The first kappa shape index (κ1) is 31.4. The highest BCUT2D eigenvalue weighted by Crippen LogP contribution is 2.38. The molecular formula is C29H38Cl2N2O5. The van der Waals surface area contributed by atoms with Crippen molar-refractivity contribution in [1.29, 1.82) is 0 Å². The standard InChI is InChI=1S/C29H38Cl2N2O5/c1-19-22(28(32)36)17-23(30)27(26(19)31)37-18-20-12-11-13-21(16-20)33-24(34)14-9-7-5-6-8-10-15-25(35)38-29(2,3)4/h11-13,16-17H,5-10,14-15,18H2,1-4H3,(H2,32,36)(H,33,34). The Balaban J connectivity index is 1.71. The number of rotatable bonds is 14. The first-order chi connectivity index (χ1) is 17.9. The predicted octanol–water partition coefficient (Wildman–Crippen LogP) is 7.38. The lowest BCUT2D eigenvalue weighted by Crippen LogP contribution is -2.23. The number of primary amides is 1. The maximum absolute atomic E-state index is 12.4. The van der Waals surface area contributed by atoms with Crippen molar-refractivity contribution >= 4 is 46.7 Å². The summed E-state index contributed by atoms with van der Waals surface area (Å²) in [6.07, 6.45) is 6.52. The van der Waals surface area contributed by atoms with Crippen LogP contribution >= 0.6 is 23.2 Å². The van der Waals surface area contributed by atoms with Crippen molar-refractivity contribution in [3.05, 3.63) is 57.1 Å². The molecule has 0 atom stereocenters. The number of ether oxygens (including phenoxy) is 2. The molecule has 2 amide bonds. The number of halogens is 2. The number of benzene rings is 2. The molecule has 0 aliphatic rings. The molecular weight excluding hydrogens is 527 g/mol. The summed E-state index contributed by atoms with van der Waals surface area (Å²) < 4.78 is 11.1. The lowest BCUT2D eigenvalue weighted by molar-refractivity contribution is -0.154. The van der Waals surface area contributed by atoms with E-state index in [9.17, 15) is 14.4 Å². The number of unbranched alkanes of at least 4 members (excludes halogenated alkanes) is 5. The van der Waals surface area contributed by atoms with E-state index in [0.29, 0.717) is 24.1 Å². The molecule has 0 unspecified atom stereocenters. The monoisotopic (exact) mass is 564 g/mol. The van der Waals surface area contributed by atoms with Crippen LogP contribution in [-0.4, -0.2) is 23.4 Å². The lowest BCUT2D eigenvalue weighted by atomic mass is 10.1. The van der Waals surface area contributed by atoms with E-state index >= 15 is 0 Å². The van der Waals surface area contributed by atoms with E-state index in [1.807, 2.05) is 45.0 Å². The fourth-order valence-corrected chi connectivity index (χ4v) is 4.42. The van der Waals surface area contributed by atoms with Gasteiger partial charge in [-0.15, -0.1) is 0 Å². The highest BCUT2D eigenvalue weighted by molar-refractivity contribution is 6.38. The molecule has 0 saturated heterocycles. The summed E-state index contributed by atoms with van der Waals surface area (Å²) in [5.41, 5.74) is 7.17. The topological polar surface area (TPSA) is 108 Å². The molecule has 3 N–H and O–H groups in total. The summed E-state index contributed by atoms with van der Waals surface area (Å²) in [5.74, 6) is -0.533. The molecule has 0 radical (unpaired) electrons. The summed E-state index contributed by atoms with van der Waals surface area (Å²) >= 11 is 12.6. The van der Waals surface area contributed by atoms with Crippen molar-refractivity contribution in [2.75, 3.05) is 5.32 Å². The van der Waals surface area contributed by atoms with Crippen molar-refractivity contribution < 1.29 is 23.9 Å². The van der Waals surface area contributed by atoms with Gasteiger partial charge in [-0.05, 0) is 69.9 Å². The number of carbonyl (C=O) groups is 3. The Bertz CT molecular complexity index is 1130. The van der Waals surface area contributed by atoms with Crippen molar-refractivity contribution in [3.63, 3.8) is 0 Å². The largest absolute Gasteiger partial charge is 0.486 e. The lowest BCUT2D eigenvalue weighted by Gasteiger charge is -2.19. The van der Waals surface area contributed by atoms with Crippen LogP contribution in [0, 0.1) is 6.92 Å². The van der Waals surface area contributed by atoms with Crippen LogP contribution in [0.3, 0.4) is 0 Å². The average molecular weight is 566 g/mol. The SMILES string of the molecule is Cc1c(C(N)=O)cc(Cl)c(OCc2cccc(NC(=O)CCCCCCCCC(=O)OC(C)(C)C)c2)c1Cl. The summed E-state index contributed by atoms with van der Waals surface area (Å²) in [6.45, 7) is 7.46. The minimum absolute atomic E-state index is 0.0447. The molecule has 0 aliphatic heterocycles. The van der Waals surface area contributed by atoms with Crippen molar-refractivity contribution in [3.8, 4) is 5.75 Å². The molecule has 2 rings (SSSR count). The minimum Gasteiger partial charge on any atom is -0.486 e. The molecule has 0 spiro atoms. The molecule has 0 saturated carbocycles. The van der Waals surface area contributed by atoms with Crippen LogP contribution in [0.25, 0.3) is 0 Å². The van der Waals surface area contributed by atoms with Crippen LogP contribution in [0.15, 0.2) is 30.3 Å². The van der Waals surface area contributed by atoms with Gasteiger partial charge in [0.1, 0.15) is 12.2 Å². The van der Waals surface area contributed by atoms with Crippen LogP contribution in [0.2, 0.25) is 10.0 Å². The summed E-state index contributed by atoms with van der Waals surface area (Å²) in [5, 5.41) is 3.36. The van der Waals surface area contributed by atoms with Crippen molar-refractivity contribution in [2.24, 2.45) is 5.73 Å². The third-order valence-electron chi connectivity index (χ3n) is 5.73. The van der Waals surface area contributed by atoms with E-state index in [1.165, 1.54) is 6.07 Å². The highest BCUT2D eigenvalue weighted by Gasteiger charge is 2.18. The molecule has 0 bridgehead atoms. The number of hydrogen-bond donors (Lipinski definition) is 2. The van der Waals surface area contributed by atoms with Crippen LogP contribution < -0.4 is 15.8 Å². The van der Waals surface area contributed by atoms with Gasteiger partial charge in [0.25, 0.3) is 0 Å². The Kier molecular flexibility index (Phi) is 12.4. The summed E-state index contributed by atoms with van der Waals surface area (Å²) in [4.78, 5) is 35.6. The van der Waals surface area contributed by atoms with Gasteiger partial charge in [-0.3, -0.25) is 14.4 Å². The molecule has 9 heteroatoms. The predicted molar refractivity (Wildman–Crippen MR) is 152 cm³/mol. The van der Waals surface area contributed by atoms with Crippen LogP contribution in [-0.2, 0) is 20.9 Å². The van der Waals surface area contributed by atoms with Gasteiger partial charge in [0.2, 0.25) is 11.8 Å². The fourth-order valence-electron chi connectivity index (χ4n) is 3.85. The van der Waals surface area contributed by atoms with Crippen molar-refractivity contribution in [1.82, 2.24) is 0 Å². The number of anilines is 1. The smallest absolute Gasteiger partial charge is 0.306 e. The third kappa shape index (κ3) is 10.9. The van der Waals surface area contributed by atoms with E-state index in [1.54, 1.807) is 6.92 Å². The second-order valence-electron chi connectivity index (χ2n) is 10.3. The van der Waals surface area contributed by atoms with Crippen LogP contribution in [0.1, 0.15) is 93.6 Å². The van der Waals surface area contributed by atoms with Gasteiger partial charge in [-0.1, -0.05) is 61.0 Å². The molecule has 2 aromatic carbocycles. The molecule has 38 heavy (non-hydrogen) atoms. The first-order valence-corrected chi connectivity index (χ1v) is 13.6. The maximum Gasteiger partial charge on any atom is 0.306 e. The molecule has 0 aromatic heterocycles. The van der Waals surface area contributed by atoms with E-state index in [2.05, 4.69) is 5.32 Å². The Morgan fingerprint density at radius 2 is 1.58 bits per heavy atom. The Morgan fingerprint density at radius 3 is 2.21 bits per heavy atom. The number of carbonyl (C=O) groups excluding carboxylic acids is 3. The number of nitrogens with one attached hydrogen (secondary N) is 1. The van der Waals surface area contributed by atoms with E-state index in [4.69, 9.17) is 38.4 Å². The van der Waals surface area contributed by atoms with Gasteiger partial charge >= 0.3 is 5.97 Å². The normalized spacial score (nSPS) is 11.2. The van der Waals surface area contributed by atoms with Gasteiger partial charge < -0.3 is 20.5 Å². The summed E-state index contributed by atoms with van der Waals surface area (Å²) in [7, 11) is 0. The van der Waals surface area contributed by atoms with E-state index in [0.717, 1.165) is 44.1 Å². The third-order valence-corrected chi connectivity index (χ3v) is 6.47. The van der Waals surface area contributed by atoms with E-state index in [-0.39, 0.29) is 39.8 Å². The number of esters is 1. The first-order valence-electron chi connectivity index (χ1n) is 12.9. The number of amides is 2. The Labute approximate surface area is 235 Å². The van der Waals surface area contributed by atoms with Crippen LogP contribution in [0.5, 0.6) is 5.75 Å². The molecule has 208 valence electrons. The van der Waals surface area contributed by atoms with Gasteiger partial charge in [-0.2, -0.15) is 0 Å². The second-order valence-corrected chi connectivity index (χ2v) is 11.1. The van der Waals surface area contributed by atoms with Gasteiger partial charge in [-0.25, -0.2) is 0 Å². The zero-order chi connectivity index (χ0) is 28.3. The Hall–Kier alpha value is -2.77. The zero-order valence-electron chi connectivity index (χ0n) is 22.6. The van der Waals surface area contributed by atoms with Gasteiger partial charge in [0.15, 0.2) is 5.75 Å². The van der Waals surface area contributed by atoms with Gasteiger partial charge in [0, 0.05) is 24.1 Å². The minimum atomic E-state index is -0.614. The van der Waals surface area contributed by atoms with Crippen LogP contribution in [0.4, 0.5) is 5.69 Å². The number of nitrogens with two attached hydrogens (primary N) is 1. The fraction of sp³-hybridized carbons (Fsp3) is 0.483. The molecule has 0 aliphatic carbocycles. The molecule has 2 aromatic rings. The zero-order valence-corrected chi connectivity index (χ0v) is 24.1. The molecule has 0 heterocycles. The number of hydrogen-bond acceptors (Lipinski definition) is 5. The van der Waals surface area contributed by atoms with Crippen molar-refractivity contribution in [2.45, 2.75) is 91.3 Å². The quantitative estimate of drug-likeness (QED) is 0.184. The van der Waals surface area contributed by atoms with Gasteiger partial charge in [0.05, 0.1) is 10.0 Å².